The first-order valence-corrected chi connectivity index (χ1v) is 9.00. The Kier molecular flexibility index (Phi) is 4.76. The van der Waals surface area contributed by atoms with Gasteiger partial charge in [-0.1, -0.05) is 30.0 Å². The fraction of sp³-hybridized carbons (Fsp3) is 0.444. The van der Waals surface area contributed by atoms with Gasteiger partial charge in [-0.2, -0.15) is 0 Å². The monoisotopic (exact) mass is 330 g/mol. The van der Waals surface area contributed by atoms with Crippen molar-refractivity contribution in [3.05, 3.63) is 35.5 Å². The fourth-order valence-electron chi connectivity index (χ4n) is 3.32. The zero-order chi connectivity index (χ0) is 16.4. The van der Waals surface area contributed by atoms with Crippen molar-refractivity contribution in [1.29, 1.82) is 0 Å². The standard InChI is InChI=1S/C18H22N2O2S/c1-12-15(16-5-3-4-6-17(16)19-12)7-8-20-10-14(9-18(20)22)11-23-13(2)21/h3-6,14,19H,7-11H2,1-2H3. The molecule has 1 amide bonds. The predicted octanol–water partition coefficient (Wildman–Crippen LogP) is 3.15. The molecule has 0 radical (unpaired) electrons. The number of amides is 1. The van der Waals surface area contributed by atoms with Gasteiger partial charge >= 0.3 is 0 Å². The number of nitrogens with one attached hydrogen (secondary N) is 1. The van der Waals surface area contributed by atoms with E-state index in [-0.39, 0.29) is 11.0 Å². The summed E-state index contributed by atoms with van der Waals surface area (Å²) >= 11 is 1.33. The Morgan fingerprint density at radius 2 is 2.17 bits per heavy atom. The van der Waals surface area contributed by atoms with E-state index < -0.39 is 0 Å². The summed E-state index contributed by atoms with van der Waals surface area (Å²) in [6.45, 7) is 5.20. The van der Waals surface area contributed by atoms with Gasteiger partial charge in [0.05, 0.1) is 0 Å². The lowest BCUT2D eigenvalue weighted by atomic mass is 10.1. The second kappa shape index (κ2) is 6.79. The van der Waals surface area contributed by atoms with Gasteiger partial charge in [0.1, 0.15) is 0 Å². The van der Waals surface area contributed by atoms with Crippen LogP contribution < -0.4 is 0 Å². The lowest BCUT2D eigenvalue weighted by Gasteiger charge is -2.16. The SMILES string of the molecule is CC(=O)SCC1CC(=O)N(CCc2c(C)[nH]c3ccccc23)C1. The fourth-order valence-corrected chi connectivity index (χ4v) is 4.01. The van der Waals surface area contributed by atoms with E-state index >= 15 is 0 Å². The molecule has 4 nitrogen and oxygen atoms in total. The molecular formula is C18H22N2O2S. The van der Waals surface area contributed by atoms with Gasteiger partial charge in [-0.25, -0.2) is 0 Å². The number of H-pyrrole nitrogens is 1. The molecule has 1 unspecified atom stereocenters. The van der Waals surface area contributed by atoms with E-state index in [4.69, 9.17) is 0 Å². The van der Waals surface area contributed by atoms with Gasteiger partial charge in [0.2, 0.25) is 5.91 Å². The van der Waals surface area contributed by atoms with Gasteiger partial charge in [0, 0.05) is 48.8 Å². The molecule has 0 saturated carbocycles. The third-order valence-electron chi connectivity index (χ3n) is 4.48. The quantitative estimate of drug-likeness (QED) is 0.916. The molecule has 1 atom stereocenters. The summed E-state index contributed by atoms with van der Waals surface area (Å²) in [5, 5.41) is 1.38. The molecule has 0 bridgehead atoms. The van der Waals surface area contributed by atoms with E-state index in [0.717, 1.165) is 30.8 Å². The van der Waals surface area contributed by atoms with Gasteiger partial charge < -0.3 is 9.88 Å². The number of rotatable bonds is 5. The number of aromatic nitrogens is 1. The molecule has 5 heteroatoms. The second-order valence-corrected chi connectivity index (χ2v) is 7.43. The molecule has 1 saturated heterocycles. The number of nitrogens with zero attached hydrogens (tertiary/aromatic N) is 1. The molecule has 0 aliphatic carbocycles. The number of fused-ring (bicyclic) bond motifs is 1. The molecule has 2 heterocycles. The minimum Gasteiger partial charge on any atom is -0.358 e. The Morgan fingerprint density at radius 1 is 1.39 bits per heavy atom. The highest BCUT2D eigenvalue weighted by molar-refractivity contribution is 8.13. The Morgan fingerprint density at radius 3 is 2.96 bits per heavy atom. The van der Waals surface area contributed by atoms with E-state index in [1.807, 2.05) is 11.0 Å². The average molecular weight is 330 g/mol. The van der Waals surface area contributed by atoms with Crippen LogP contribution in [0.1, 0.15) is 24.6 Å². The van der Waals surface area contributed by atoms with Gasteiger partial charge in [0.25, 0.3) is 0 Å². The first kappa shape index (κ1) is 16.1. The van der Waals surface area contributed by atoms with Crippen molar-refractivity contribution in [2.45, 2.75) is 26.7 Å². The molecule has 122 valence electrons. The Labute approximate surface area is 140 Å². The highest BCUT2D eigenvalue weighted by Crippen LogP contribution is 2.25. The Bertz CT molecular complexity index is 738. The number of thioether (sulfide) groups is 1. The van der Waals surface area contributed by atoms with Crippen LogP contribution in [-0.2, 0) is 16.0 Å². The van der Waals surface area contributed by atoms with Crippen molar-refractivity contribution in [2.24, 2.45) is 5.92 Å². The Hall–Kier alpha value is -1.75. The highest BCUT2D eigenvalue weighted by Gasteiger charge is 2.29. The molecule has 1 aromatic heterocycles. The van der Waals surface area contributed by atoms with E-state index in [2.05, 4.69) is 30.1 Å². The lowest BCUT2D eigenvalue weighted by Crippen LogP contribution is -2.27. The molecule has 0 spiro atoms. The molecular weight excluding hydrogens is 308 g/mol. The highest BCUT2D eigenvalue weighted by atomic mass is 32.2. The summed E-state index contributed by atoms with van der Waals surface area (Å²) in [6, 6.07) is 8.30. The van der Waals surface area contributed by atoms with E-state index in [1.165, 1.54) is 28.4 Å². The maximum Gasteiger partial charge on any atom is 0.222 e. The van der Waals surface area contributed by atoms with Crippen molar-refractivity contribution in [2.75, 3.05) is 18.8 Å². The molecule has 1 aliphatic rings. The summed E-state index contributed by atoms with van der Waals surface area (Å²) in [6.07, 6.45) is 1.45. The van der Waals surface area contributed by atoms with Crippen molar-refractivity contribution < 1.29 is 9.59 Å². The molecule has 3 rings (SSSR count). The minimum absolute atomic E-state index is 0.130. The average Bonchev–Trinajstić information content (AvgIpc) is 3.02. The molecule has 1 N–H and O–H groups in total. The summed E-state index contributed by atoms with van der Waals surface area (Å²) < 4.78 is 0. The summed E-state index contributed by atoms with van der Waals surface area (Å²) in [5.74, 6) is 1.28. The lowest BCUT2D eigenvalue weighted by molar-refractivity contribution is -0.127. The van der Waals surface area contributed by atoms with E-state index in [1.54, 1.807) is 6.92 Å². The van der Waals surface area contributed by atoms with Crippen molar-refractivity contribution >= 4 is 33.7 Å². The van der Waals surface area contributed by atoms with Crippen LogP contribution in [0.2, 0.25) is 0 Å². The van der Waals surface area contributed by atoms with Crippen LogP contribution >= 0.6 is 11.8 Å². The second-order valence-electron chi connectivity index (χ2n) is 6.24. The van der Waals surface area contributed by atoms with Crippen molar-refractivity contribution in [3.8, 4) is 0 Å². The minimum atomic E-state index is 0.130. The number of likely N-dealkylation sites (tertiary alicyclic amines) is 1. The van der Waals surface area contributed by atoms with Crippen molar-refractivity contribution in [1.82, 2.24) is 9.88 Å². The number of aromatic amines is 1. The number of benzene rings is 1. The van der Waals surface area contributed by atoms with Crippen LogP contribution in [-0.4, -0.2) is 39.7 Å². The van der Waals surface area contributed by atoms with Crippen LogP contribution in [0, 0.1) is 12.8 Å². The number of carbonyl (C=O) groups is 2. The van der Waals surface area contributed by atoms with Crippen LogP contribution in [0.25, 0.3) is 10.9 Å². The third kappa shape index (κ3) is 3.61. The summed E-state index contributed by atoms with van der Waals surface area (Å²) in [4.78, 5) is 28.6. The van der Waals surface area contributed by atoms with E-state index in [9.17, 15) is 9.59 Å². The number of para-hydroxylation sites is 1. The van der Waals surface area contributed by atoms with E-state index in [0.29, 0.717) is 12.3 Å². The first-order chi connectivity index (χ1) is 11.0. The Balaban J connectivity index is 1.62. The molecule has 23 heavy (non-hydrogen) atoms. The number of carbonyl (C=O) groups excluding carboxylic acids is 2. The van der Waals surface area contributed by atoms with Gasteiger partial charge in [-0.3, -0.25) is 9.59 Å². The summed E-state index contributed by atoms with van der Waals surface area (Å²) in [5.41, 5.74) is 3.64. The smallest absolute Gasteiger partial charge is 0.222 e. The number of hydrogen-bond acceptors (Lipinski definition) is 3. The molecule has 1 fully saturated rings. The topological polar surface area (TPSA) is 53.2 Å². The van der Waals surface area contributed by atoms with Gasteiger partial charge in [-0.15, -0.1) is 0 Å². The largest absolute Gasteiger partial charge is 0.358 e. The molecule has 1 aliphatic heterocycles. The summed E-state index contributed by atoms with van der Waals surface area (Å²) in [7, 11) is 0. The molecule has 2 aromatic rings. The predicted molar refractivity (Wildman–Crippen MR) is 94.6 cm³/mol. The van der Waals surface area contributed by atoms with Crippen molar-refractivity contribution in [3.63, 3.8) is 0 Å². The number of hydrogen-bond donors (Lipinski definition) is 1. The van der Waals surface area contributed by atoms with Gasteiger partial charge in [0.15, 0.2) is 5.12 Å². The first-order valence-electron chi connectivity index (χ1n) is 8.02. The van der Waals surface area contributed by atoms with Crippen LogP contribution in [0.5, 0.6) is 0 Å². The van der Waals surface area contributed by atoms with Gasteiger partial charge in [-0.05, 0) is 30.9 Å². The third-order valence-corrected chi connectivity index (χ3v) is 5.52. The maximum absolute atomic E-state index is 12.2. The van der Waals surface area contributed by atoms with Crippen LogP contribution in [0.3, 0.4) is 0 Å². The normalized spacial score (nSPS) is 18.1. The van der Waals surface area contributed by atoms with Crippen LogP contribution in [0.15, 0.2) is 24.3 Å². The maximum atomic E-state index is 12.2. The zero-order valence-electron chi connectivity index (χ0n) is 13.6. The zero-order valence-corrected chi connectivity index (χ0v) is 14.4. The number of aryl methyl sites for hydroxylation is 1. The van der Waals surface area contributed by atoms with Crippen LogP contribution in [0.4, 0.5) is 0 Å². The molecule has 1 aromatic carbocycles.